The molecule has 264 valence electrons. The van der Waals surface area contributed by atoms with Gasteiger partial charge in [0.2, 0.25) is 0 Å². The maximum atomic E-state index is 17.0. The number of halogens is 3. The number of terminal acetylenes is 1. The van der Waals surface area contributed by atoms with Gasteiger partial charge < -0.3 is 24.7 Å². The van der Waals surface area contributed by atoms with E-state index in [9.17, 15) is 24.3 Å². The molecule has 4 aromatic rings. The summed E-state index contributed by atoms with van der Waals surface area (Å²) in [7, 11) is 0. The molecule has 0 amide bonds. The lowest BCUT2D eigenvalue weighted by molar-refractivity contribution is -0.0321. The summed E-state index contributed by atoms with van der Waals surface area (Å²) in [4.78, 5) is 20.2. The van der Waals surface area contributed by atoms with Crippen molar-refractivity contribution in [3.05, 3.63) is 47.7 Å². The van der Waals surface area contributed by atoms with E-state index in [2.05, 4.69) is 26.9 Å². The number of aliphatic hydroxyl groups is 1. The quantitative estimate of drug-likeness (QED) is 0.223. The topological polar surface area (TPSA) is 122 Å². The Hall–Kier alpha value is -4.69. The van der Waals surface area contributed by atoms with Crippen molar-refractivity contribution in [2.24, 2.45) is 5.41 Å². The van der Waals surface area contributed by atoms with Crippen molar-refractivity contribution in [1.82, 2.24) is 24.8 Å². The van der Waals surface area contributed by atoms with Crippen LogP contribution in [0.1, 0.15) is 50.5 Å². The second kappa shape index (κ2) is 13.1. The van der Waals surface area contributed by atoms with Crippen molar-refractivity contribution >= 4 is 27.5 Å². The summed E-state index contributed by atoms with van der Waals surface area (Å²) in [5.74, 6) is 1.17. The number of hydrogen-bond donors (Lipinski definition) is 2. The molecule has 13 heteroatoms. The minimum Gasteiger partial charge on any atom is -0.508 e. The number of alkyl halides is 1. The molecular weight excluding hydrogens is 659 g/mol. The number of piperidine rings is 1. The van der Waals surface area contributed by atoms with Gasteiger partial charge in [0.25, 0.3) is 0 Å². The molecule has 0 spiro atoms. The molecule has 3 unspecified atom stereocenters. The van der Waals surface area contributed by atoms with Crippen LogP contribution in [0.3, 0.4) is 0 Å². The number of aromatic nitrogens is 3. The molecule has 2 N–H and O–H groups in total. The largest absolute Gasteiger partial charge is 0.508 e. The fraction of sp³-hybridized carbons (Fsp3) is 0.474. The molecule has 1 aliphatic carbocycles. The van der Waals surface area contributed by atoms with Gasteiger partial charge in [0.15, 0.2) is 5.82 Å². The van der Waals surface area contributed by atoms with Gasteiger partial charge in [-0.25, -0.2) is 13.2 Å². The normalized spacial score (nSPS) is 22.6. The number of anilines is 1. The van der Waals surface area contributed by atoms with E-state index in [0.717, 1.165) is 32.2 Å². The summed E-state index contributed by atoms with van der Waals surface area (Å²) in [6, 6.07) is 7.38. The highest BCUT2D eigenvalue weighted by Gasteiger charge is 2.46. The molecule has 51 heavy (non-hydrogen) atoms. The lowest BCUT2D eigenvalue weighted by Gasteiger charge is -2.43. The minimum absolute atomic E-state index is 0.00187. The number of pyridine rings is 1. The monoisotopic (exact) mass is 697 g/mol. The number of fused-ring (bicyclic) bond motifs is 4. The second-order valence-corrected chi connectivity index (χ2v) is 14.5. The Morgan fingerprint density at radius 3 is 2.51 bits per heavy atom. The summed E-state index contributed by atoms with van der Waals surface area (Å²) in [5, 5.41) is 31.6. The maximum absolute atomic E-state index is 17.0. The molecule has 2 aromatic heterocycles. The van der Waals surface area contributed by atoms with Crippen LogP contribution in [0.2, 0.25) is 0 Å². The molecule has 2 aromatic carbocycles. The number of nitriles is 1. The summed E-state index contributed by atoms with van der Waals surface area (Å²) in [6.45, 7) is 3.45. The Morgan fingerprint density at radius 1 is 1.08 bits per heavy atom. The standard InChI is InChI=1S/C38H38F3N7O3/c1-2-27-30(40)6-3-22-15-26(49)16-28(32(22)27)34-33(41)35-29(17-43-34)36(47-18-24-4-5-25(19-47)48(24)31(50)7-12-42)45-37(44-35)51-21-38(10-11-38)20-46-13-8-23(39)9-14-46/h1,3,6,15-17,23-25,31,49-50H,4-5,7-11,13-14,18-21H2. The van der Waals surface area contributed by atoms with Crippen LogP contribution in [0.25, 0.3) is 32.9 Å². The first-order valence-electron chi connectivity index (χ1n) is 17.5. The molecular formula is C38H38F3N7O3. The van der Waals surface area contributed by atoms with Crippen molar-refractivity contribution in [2.45, 2.75) is 69.4 Å². The highest BCUT2D eigenvalue weighted by molar-refractivity contribution is 6.03. The molecule has 3 atom stereocenters. The van der Waals surface area contributed by atoms with Gasteiger partial charge in [-0.2, -0.15) is 15.2 Å². The lowest BCUT2D eigenvalue weighted by atomic mass is 9.96. The number of phenols is 1. The van der Waals surface area contributed by atoms with Gasteiger partial charge in [-0.3, -0.25) is 9.88 Å². The van der Waals surface area contributed by atoms with Crippen molar-refractivity contribution < 1.29 is 28.1 Å². The maximum Gasteiger partial charge on any atom is 0.319 e. The number of phenolic OH excluding ortho intramolecular Hbond substituents is 1. The fourth-order valence-electron chi connectivity index (χ4n) is 8.33. The lowest BCUT2D eigenvalue weighted by Crippen LogP contribution is -2.57. The Bertz CT molecular complexity index is 2080. The third-order valence-electron chi connectivity index (χ3n) is 11.1. The van der Waals surface area contributed by atoms with E-state index in [4.69, 9.17) is 16.1 Å². The van der Waals surface area contributed by atoms with Crippen molar-refractivity contribution in [2.75, 3.05) is 44.2 Å². The fourth-order valence-corrected chi connectivity index (χ4v) is 8.33. The van der Waals surface area contributed by atoms with Crippen LogP contribution in [0, 0.1) is 40.7 Å². The molecule has 8 rings (SSSR count). The number of likely N-dealkylation sites (tertiary alicyclic amines) is 1. The molecule has 0 radical (unpaired) electrons. The summed E-state index contributed by atoms with van der Waals surface area (Å²) < 4.78 is 52.0. The van der Waals surface area contributed by atoms with Gasteiger partial charge in [-0.05, 0) is 62.1 Å². The molecule has 2 bridgehead atoms. The van der Waals surface area contributed by atoms with Crippen molar-refractivity contribution in [3.8, 4) is 41.4 Å². The van der Waals surface area contributed by atoms with Gasteiger partial charge in [-0.1, -0.05) is 12.0 Å². The summed E-state index contributed by atoms with van der Waals surface area (Å²) in [6.07, 6.45) is 10.1. The van der Waals surface area contributed by atoms with E-state index in [0.29, 0.717) is 62.2 Å². The van der Waals surface area contributed by atoms with Gasteiger partial charge in [0, 0.05) is 67.4 Å². The SMILES string of the molecule is C#Cc1c(F)ccc2cc(O)cc(-c3ncc4c(N5CC6CCC(C5)N6C(O)CC#N)nc(OCC5(CN6CCC(F)CC6)CC5)nc4c3F)c12. The first kappa shape index (κ1) is 33.5. The van der Waals surface area contributed by atoms with Crippen molar-refractivity contribution in [3.63, 3.8) is 0 Å². The third kappa shape index (κ3) is 6.18. The number of aromatic hydroxyl groups is 1. The van der Waals surface area contributed by atoms with Crippen LogP contribution in [-0.4, -0.2) is 98.8 Å². The molecule has 1 saturated carbocycles. The zero-order valence-corrected chi connectivity index (χ0v) is 28.0. The predicted octanol–water partition coefficient (Wildman–Crippen LogP) is 5.29. The number of piperazine rings is 1. The number of ether oxygens (including phenoxy) is 1. The van der Waals surface area contributed by atoms with E-state index in [1.807, 2.05) is 9.80 Å². The molecule has 10 nitrogen and oxygen atoms in total. The average Bonchev–Trinajstić information content (AvgIpc) is 3.83. The number of hydrogen-bond acceptors (Lipinski definition) is 10. The third-order valence-corrected chi connectivity index (χ3v) is 11.1. The molecule has 3 aliphatic heterocycles. The van der Waals surface area contributed by atoms with Crippen molar-refractivity contribution in [1.29, 1.82) is 5.26 Å². The van der Waals surface area contributed by atoms with Gasteiger partial charge in [0.1, 0.15) is 41.0 Å². The smallest absolute Gasteiger partial charge is 0.319 e. The molecule has 4 fully saturated rings. The first-order chi connectivity index (χ1) is 24.7. The zero-order chi connectivity index (χ0) is 35.4. The van der Waals surface area contributed by atoms with Gasteiger partial charge in [-0.15, -0.1) is 6.42 Å². The van der Waals surface area contributed by atoms with Gasteiger partial charge >= 0.3 is 6.01 Å². The molecule has 5 heterocycles. The average molecular weight is 698 g/mol. The van der Waals surface area contributed by atoms with Crippen LogP contribution in [0.15, 0.2) is 30.5 Å². The number of rotatable bonds is 9. The predicted molar refractivity (Wildman–Crippen MR) is 185 cm³/mol. The minimum atomic E-state index is -0.877. The Kier molecular flexibility index (Phi) is 8.61. The van der Waals surface area contributed by atoms with Crippen LogP contribution in [0.4, 0.5) is 19.0 Å². The Balaban J connectivity index is 1.19. The Labute approximate surface area is 293 Å². The number of aliphatic hydroxyl groups excluding tert-OH is 1. The first-order valence-corrected chi connectivity index (χ1v) is 17.5. The van der Waals surface area contributed by atoms with E-state index in [-0.39, 0.29) is 63.4 Å². The van der Waals surface area contributed by atoms with Crippen LogP contribution >= 0.6 is 0 Å². The van der Waals surface area contributed by atoms with Crippen LogP contribution < -0.4 is 9.64 Å². The van der Waals surface area contributed by atoms with E-state index >= 15 is 4.39 Å². The second-order valence-electron chi connectivity index (χ2n) is 14.5. The molecule has 3 saturated heterocycles. The summed E-state index contributed by atoms with van der Waals surface area (Å²) in [5.41, 5.74) is -0.300. The number of benzene rings is 2. The van der Waals surface area contributed by atoms with Crippen LogP contribution in [-0.2, 0) is 0 Å². The zero-order valence-electron chi connectivity index (χ0n) is 28.0. The summed E-state index contributed by atoms with van der Waals surface area (Å²) >= 11 is 0. The highest BCUT2D eigenvalue weighted by Crippen LogP contribution is 2.47. The highest BCUT2D eigenvalue weighted by atomic mass is 19.1. The Morgan fingerprint density at radius 2 is 1.82 bits per heavy atom. The van der Waals surface area contributed by atoms with E-state index in [1.165, 1.54) is 30.5 Å². The molecule has 4 aliphatic rings. The van der Waals surface area contributed by atoms with E-state index < -0.39 is 24.0 Å². The van der Waals surface area contributed by atoms with Gasteiger partial charge in [0.05, 0.1) is 30.0 Å². The van der Waals surface area contributed by atoms with E-state index in [1.54, 1.807) is 0 Å². The number of nitrogens with zero attached hydrogens (tertiary/aromatic N) is 7. The van der Waals surface area contributed by atoms with Crippen LogP contribution in [0.5, 0.6) is 11.8 Å².